The van der Waals surface area contributed by atoms with Gasteiger partial charge in [0.1, 0.15) is 5.70 Å². The lowest BCUT2D eigenvalue weighted by molar-refractivity contribution is -0.384. The van der Waals surface area contributed by atoms with Crippen molar-refractivity contribution in [2.24, 2.45) is 0 Å². The highest BCUT2D eigenvalue weighted by Crippen LogP contribution is 2.22. The van der Waals surface area contributed by atoms with Crippen LogP contribution in [0.25, 0.3) is 6.08 Å². The van der Waals surface area contributed by atoms with Crippen LogP contribution in [0, 0.1) is 10.1 Å². The van der Waals surface area contributed by atoms with E-state index in [0.29, 0.717) is 10.6 Å². The SMILES string of the molecule is O=C1/C(=C/c2cccc([N+](=O)[O-])c2)NC(=S)N1Cc1ccccc1Cl. The molecule has 2 aromatic carbocycles. The van der Waals surface area contributed by atoms with Crippen LogP contribution in [0.2, 0.25) is 5.02 Å². The summed E-state index contributed by atoms with van der Waals surface area (Å²) in [5.41, 5.74) is 1.53. The number of carbonyl (C=O) groups is 1. The lowest BCUT2D eigenvalue weighted by Gasteiger charge is -2.14. The number of non-ortho nitro benzene ring substituents is 1. The molecule has 1 aliphatic heterocycles. The van der Waals surface area contributed by atoms with Gasteiger partial charge in [-0.3, -0.25) is 19.8 Å². The smallest absolute Gasteiger partial charge is 0.276 e. The molecule has 0 bridgehead atoms. The quantitative estimate of drug-likeness (QED) is 0.384. The van der Waals surface area contributed by atoms with Crippen LogP contribution in [0.1, 0.15) is 11.1 Å². The zero-order valence-electron chi connectivity index (χ0n) is 12.8. The van der Waals surface area contributed by atoms with Crippen LogP contribution in [0.4, 0.5) is 5.69 Å². The Labute approximate surface area is 153 Å². The summed E-state index contributed by atoms with van der Waals surface area (Å²) < 4.78 is 0. The first-order chi connectivity index (χ1) is 12.0. The number of nitro benzene ring substituents is 1. The maximum absolute atomic E-state index is 12.6. The van der Waals surface area contributed by atoms with Crippen molar-refractivity contribution < 1.29 is 9.72 Å². The Kier molecular flexibility index (Phi) is 4.78. The molecule has 6 nitrogen and oxygen atoms in total. The highest BCUT2D eigenvalue weighted by molar-refractivity contribution is 7.80. The van der Waals surface area contributed by atoms with Crippen LogP contribution < -0.4 is 5.32 Å². The first-order valence-corrected chi connectivity index (χ1v) is 8.07. The number of benzene rings is 2. The van der Waals surface area contributed by atoms with Crippen molar-refractivity contribution in [1.82, 2.24) is 10.2 Å². The average molecular weight is 374 g/mol. The molecule has 0 atom stereocenters. The summed E-state index contributed by atoms with van der Waals surface area (Å²) in [6.07, 6.45) is 1.54. The van der Waals surface area contributed by atoms with Gasteiger partial charge in [-0.1, -0.05) is 41.9 Å². The Balaban J connectivity index is 1.85. The van der Waals surface area contributed by atoms with Crippen LogP contribution in [-0.2, 0) is 11.3 Å². The Morgan fingerprint density at radius 2 is 2.00 bits per heavy atom. The molecular formula is C17H12ClN3O3S. The molecule has 1 saturated heterocycles. The monoisotopic (exact) mass is 373 g/mol. The number of thiocarbonyl (C=S) groups is 1. The van der Waals surface area contributed by atoms with Gasteiger partial charge in [-0.15, -0.1) is 0 Å². The van der Waals surface area contributed by atoms with Crippen molar-refractivity contribution in [3.8, 4) is 0 Å². The van der Waals surface area contributed by atoms with Gasteiger partial charge < -0.3 is 5.32 Å². The summed E-state index contributed by atoms with van der Waals surface area (Å²) in [5, 5.41) is 14.5. The molecule has 1 fully saturated rings. The van der Waals surface area contributed by atoms with Gasteiger partial charge in [-0.05, 0) is 35.5 Å². The van der Waals surface area contributed by atoms with E-state index < -0.39 is 4.92 Å². The van der Waals surface area contributed by atoms with Gasteiger partial charge in [0.05, 0.1) is 11.5 Å². The second-order valence-electron chi connectivity index (χ2n) is 5.32. The number of nitrogens with zero attached hydrogens (tertiary/aromatic N) is 2. The van der Waals surface area contributed by atoms with E-state index in [1.54, 1.807) is 18.2 Å². The maximum Gasteiger partial charge on any atom is 0.276 e. The van der Waals surface area contributed by atoms with Gasteiger partial charge in [0.15, 0.2) is 5.11 Å². The summed E-state index contributed by atoms with van der Waals surface area (Å²) in [6, 6.07) is 13.2. The van der Waals surface area contributed by atoms with E-state index in [-0.39, 0.29) is 28.9 Å². The fourth-order valence-corrected chi connectivity index (χ4v) is 2.86. The predicted molar refractivity (Wildman–Crippen MR) is 98.8 cm³/mol. The molecule has 0 aromatic heterocycles. The Morgan fingerprint density at radius 1 is 1.24 bits per heavy atom. The second kappa shape index (κ2) is 7.00. The Morgan fingerprint density at radius 3 is 2.72 bits per heavy atom. The van der Waals surface area contributed by atoms with Crippen molar-refractivity contribution in [2.45, 2.75) is 6.54 Å². The molecule has 1 aliphatic rings. The van der Waals surface area contributed by atoms with Crippen molar-refractivity contribution in [1.29, 1.82) is 0 Å². The number of halogens is 1. The fourth-order valence-electron chi connectivity index (χ4n) is 2.41. The number of hydrogen-bond donors (Lipinski definition) is 1. The van der Waals surface area contributed by atoms with Crippen molar-refractivity contribution >= 4 is 46.6 Å². The van der Waals surface area contributed by atoms with E-state index in [1.165, 1.54) is 23.1 Å². The minimum atomic E-state index is -0.486. The second-order valence-corrected chi connectivity index (χ2v) is 6.12. The third kappa shape index (κ3) is 3.67. The normalized spacial score (nSPS) is 15.6. The summed E-state index contributed by atoms with van der Waals surface area (Å²) >= 11 is 11.4. The van der Waals surface area contributed by atoms with Crippen LogP contribution in [0.3, 0.4) is 0 Å². The van der Waals surface area contributed by atoms with Crippen LogP contribution in [-0.4, -0.2) is 20.8 Å². The molecule has 0 aliphatic carbocycles. The van der Waals surface area contributed by atoms with Gasteiger partial charge in [-0.2, -0.15) is 0 Å². The number of carbonyl (C=O) groups excluding carboxylic acids is 1. The Hall–Kier alpha value is -2.77. The fraction of sp³-hybridized carbons (Fsp3) is 0.0588. The number of nitro groups is 1. The maximum atomic E-state index is 12.6. The van der Waals surface area contributed by atoms with E-state index >= 15 is 0 Å². The van der Waals surface area contributed by atoms with E-state index in [0.717, 1.165) is 5.56 Å². The molecule has 1 amide bonds. The van der Waals surface area contributed by atoms with E-state index in [4.69, 9.17) is 23.8 Å². The van der Waals surface area contributed by atoms with Gasteiger partial charge in [0.2, 0.25) is 0 Å². The van der Waals surface area contributed by atoms with Gasteiger partial charge in [0, 0.05) is 17.2 Å². The largest absolute Gasteiger partial charge is 0.328 e. The molecule has 2 aromatic rings. The Bertz CT molecular complexity index is 914. The highest BCUT2D eigenvalue weighted by atomic mass is 35.5. The summed E-state index contributed by atoms with van der Waals surface area (Å²) in [6.45, 7) is 0.247. The average Bonchev–Trinajstić information content (AvgIpc) is 2.84. The van der Waals surface area contributed by atoms with Crippen molar-refractivity contribution in [3.05, 3.63) is 80.5 Å². The minimum Gasteiger partial charge on any atom is -0.328 e. The molecule has 0 saturated carbocycles. The lowest BCUT2D eigenvalue weighted by atomic mass is 10.1. The van der Waals surface area contributed by atoms with E-state index in [1.807, 2.05) is 18.2 Å². The zero-order valence-corrected chi connectivity index (χ0v) is 14.4. The third-order valence-electron chi connectivity index (χ3n) is 3.64. The molecule has 3 rings (SSSR count). The molecular weight excluding hydrogens is 362 g/mol. The van der Waals surface area contributed by atoms with Crippen LogP contribution in [0.5, 0.6) is 0 Å². The highest BCUT2D eigenvalue weighted by Gasteiger charge is 2.31. The number of amides is 1. The zero-order chi connectivity index (χ0) is 18.0. The molecule has 8 heteroatoms. The molecule has 126 valence electrons. The molecule has 0 radical (unpaired) electrons. The van der Waals surface area contributed by atoms with Gasteiger partial charge in [-0.25, -0.2) is 0 Å². The van der Waals surface area contributed by atoms with E-state index in [9.17, 15) is 14.9 Å². The molecule has 0 unspecified atom stereocenters. The van der Waals surface area contributed by atoms with Gasteiger partial charge in [0.25, 0.3) is 11.6 Å². The van der Waals surface area contributed by atoms with Crippen molar-refractivity contribution in [3.63, 3.8) is 0 Å². The molecule has 0 spiro atoms. The first-order valence-electron chi connectivity index (χ1n) is 7.28. The number of hydrogen-bond acceptors (Lipinski definition) is 4. The number of nitrogens with one attached hydrogen (secondary N) is 1. The van der Waals surface area contributed by atoms with Crippen molar-refractivity contribution in [2.75, 3.05) is 0 Å². The third-order valence-corrected chi connectivity index (χ3v) is 4.33. The molecule has 1 heterocycles. The summed E-state index contributed by atoms with van der Waals surface area (Å²) in [5.74, 6) is -0.309. The predicted octanol–water partition coefficient (Wildman–Crippen LogP) is 3.51. The van der Waals surface area contributed by atoms with Crippen LogP contribution >= 0.6 is 23.8 Å². The minimum absolute atomic E-state index is 0.0460. The molecule has 1 N–H and O–H groups in total. The topological polar surface area (TPSA) is 75.5 Å². The standard InChI is InChI=1S/C17H12ClN3O3S/c18-14-7-2-1-5-12(14)10-20-16(22)15(19-17(20)25)9-11-4-3-6-13(8-11)21(23)24/h1-9H,10H2,(H,19,25)/b15-9-. The summed E-state index contributed by atoms with van der Waals surface area (Å²) in [4.78, 5) is 24.4. The van der Waals surface area contributed by atoms with Crippen LogP contribution in [0.15, 0.2) is 54.2 Å². The molecule has 25 heavy (non-hydrogen) atoms. The number of rotatable bonds is 4. The lowest BCUT2D eigenvalue weighted by Crippen LogP contribution is -2.30. The first kappa shape index (κ1) is 17.1. The summed E-state index contributed by atoms with van der Waals surface area (Å²) in [7, 11) is 0. The van der Waals surface area contributed by atoms with Gasteiger partial charge >= 0.3 is 0 Å². The van der Waals surface area contributed by atoms with E-state index in [2.05, 4.69) is 5.32 Å².